The highest BCUT2D eigenvalue weighted by Crippen LogP contribution is 2.27. The molecule has 0 spiro atoms. The van der Waals surface area contributed by atoms with Crippen molar-refractivity contribution < 1.29 is 9.47 Å². The number of benzene rings is 2. The van der Waals surface area contributed by atoms with Crippen LogP contribution in [0.5, 0.6) is 11.5 Å². The Bertz CT molecular complexity index is 705. The molecule has 2 aromatic rings. The summed E-state index contributed by atoms with van der Waals surface area (Å²) in [5.41, 5.74) is 8.45. The Morgan fingerprint density at radius 3 is 2.46 bits per heavy atom. The quantitative estimate of drug-likeness (QED) is 0.531. The highest BCUT2D eigenvalue weighted by molar-refractivity contribution is 7.80. The van der Waals surface area contributed by atoms with E-state index >= 15 is 0 Å². The number of hydrazine groups is 1. The third kappa shape index (κ3) is 4.89. The van der Waals surface area contributed by atoms with Crippen LogP contribution in [0.4, 0.5) is 0 Å². The molecule has 0 bridgehead atoms. The third-order valence-electron chi connectivity index (χ3n) is 3.35. The Morgan fingerprint density at radius 1 is 1.04 bits per heavy atom. The first-order valence-corrected chi connectivity index (χ1v) is 7.80. The van der Waals surface area contributed by atoms with Crippen LogP contribution >= 0.6 is 12.2 Å². The first kappa shape index (κ1) is 17.6. The van der Waals surface area contributed by atoms with Gasteiger partial charge in [0.05, 0.1) is 19.9 Å². The van der Waals surface area contributed by atoms with Crippen LogP contribution in [0.2, 0.25) is 0 Å². The monoisotopic (exact) mass is 343 g/mol. The highest BCUT2D eigenvalue weighted by Gasteiger charge is 2.09. The number of nitrogens with one attached hydrogen (secondary N) is 3. The lowest BCUT2D eigenvalue weighted by Crippen LogP contribution is -2.42. The van der Waals surface area contributed by atoms with Crippen LogP contribution in [0.15, 0.2) is 55.1 Å². The van der Waals surface area contributed by atoms with E-state index in [1.807, 2.05) is 48.5 Å². The van der Waals surface area contributed by atoms with Crippen LogP contribution < -0.4 is 25.6 Å². The van der Waals surface area contributed by atoms with E-state index in [9.17, 15) is 0 Å². The summed E-state index contributed by atoms with van der Waals surface area (Å²) >= 11 is 5.25. The Balaban J connectivity index is 1.89. The van der Waals surface area contributed by atoms with E-state index in [-0.39, 0.29) is 0 Å². The Morgan fingerprint density at radius 2 is 1.79 bits per heavy atom. The molecular weight excluding hydrogens is 322 g/mol. The van der Waals surface area contributed by atoms with Crippen LogP contribution in [-0.2, 0) is 6.54 Å². The first-order valence-electron chi connectivity index (χ1n) is 7.39. The molecule has 0 unspecified atom stereocenters. The maximum atomic E-state index is 5.35. The molecule has 0 aromatic heterocycles. The van der Waals surface area contributed by atoms with Crippen molar-refractivity contribution in [1.29, 1.82) is 0 Å². The normalized spacial score (nSPS) is 9.75. The molecule has 0 saturated carbocycles. The third-order valence-corrected chi connectivity index (χ3v) is 3.60. The van der Waals surface area contributed by atoms with Gasteiger partial charge in [-0.2, -0.15) is 0 Å². The van der Waals surface area contributed by atoms with Crippen LogP contribution in [-0.4, -0.2) is 19.3 Å². The van der Waals surface area contributed by atoms with Crippen LogP contribution in [0, 0.1) is 0 Å². The van der Waals surface area contributed by atoms with Gasteiger partial charge in [0.1, 0.15) is 11.5 Å². The Labute approximate surface area is 147 Å². The van der Waals surface area contributed by atoms with E-state index in [0.29, 0.717) is 23.1 Å². The van der Waals surface area contributed by atoms with Crippen molar-refractivity contribution in [1.82, 2.24) is 16.2 Å². The minimum atomic E-state index is 0.474. The largest absolute Gasteiger partial charge is 0.497 e. The van der Waals surface area contributed by atoms with Gasteiger partial charge in [-0.15, -0.1) is 0 Å². The van der Waals surface area contributed by atoms with Gasteiger partial charge >= 0.3 is 0 Å². The van der Waals surface area contributed by atoms with E-state index < -0.39 is 0 Å². The Kier molecular flexibility index (Phi) is 6.45. The van der Waals surface area contributed by atoms with Gasteiger partial charge in [-0.25, -0.2) is 0 Å². The molecule has 126 valence electrons. The summed E-state index contributed by atoms with van der Waals surface area (Å²) in [4.78, 5) is 0. The first-order chi connectivity index (χ1) is 11.6. The second kappa shape index (κ2) is 8.79. The van der Waals surface area contributed by atoms with Crippen molar-refractivity contribution in [3.63, 3.8) is 0 Å². The minimum Gasteiger partial charge on any atom is -0.497 e. The van der Waals surface area contributed by atoms with Gasteiger partial charge < -0.3 is 14.8 Å². The molecule has 0 heterocycles. The zero-order chi connectivity index (χ0) is 17.4. The summed E-state index contributed by atoms with van der Waals surface area (Å²) in [5.74, 6) is 1.41. The minimum absolute atomic E-state index is 0.474. The number of methoxy groups -OCH3 is 2. The van der Waals surface area contributed by atoms with Crippen LogP contribution in [0.3, 0.4) is 0 Å². The van der Waals surface area contributed by atoms with Crippen molar-refractivity contribution in [2.75, 3.05) is 14.2 Å². The van der Waals surface area contributed by atoms with E-state index in [1.54, 1.807) is 14.2 Å². The van der Waals surface area contributed by atoms with E-state index in [1.165, 1.54) is 0 Å². The molecule has 0 amide bonds. The molecular formula is C18H21N3O2S. The lowest BCUT2D eigenvalue weighted by Gasteiger charge is -2.17. The predicted octanol–water partition coefficient (Wildman–Crippen LogP) is 2.84. The van der Waals surface area contributed by atoms with Crippen LogP contribution in [0.25, 0.3) is 5.70 Å². The smallest absolute Gasteiger partial charge is 0.185 e. The van der Waals surface area contributed by atoms with Gasteiger partial charge in [0.2, 0.25) is 0 Å². The van der Waals surface area contributed by atoms with E-state index in [4.69, 9.17) is 21.7 Å². The molecule has 0 fully saturated rings. The second-order valence-electron chi connectivity index (χ2n) is 4.96. The second-order valence-corrected chi connectivity index (χ2v) is 5.37. The number of hydrogen-bond donors (Lipinski definition) is 3. The number of ether oxygens (including phenoxy) is 2. The molecule has 0 aliphatic rings. The van der Waals surface area contributed by atoms with Gasteiger partial charge in [0.15, 0.2) is 5.11 Å². The van der Waals surface area contributed by atoms with Gasteiger partial charge in [0, 0.05) is 12.1 Å². The van der Waals surface area contributed by atoms with Crippen molar-refractivity contribution in [2.24, 2.45) is 0 Å². The molecule has 0 atom stereocenters. The van der Waals surface area contributed by atoms with Gasteiger partial charge in [-0.05, 0) is 36.0 Å². The molecule has 2 aromatic carbocycles. The Hall–Kier alpha value is -2.73. The number of rotatable bonds is 7. The average molecular weight is 343 g/mol. The number of thiocarbonyl (C=S) groups is 1. The molecule has 0 radical (unpaired) electrons. The van der Waals surface area contributed by atoms with Crippen molar-refractivity contribution >= 4 is 23.0 Å². The molecule has 6 heteroatoms. The average Bonchev–Trinajstić information content (AvgIpc) is 2.64. The fourth-order valence-corrected chi connectivity index (χ4v) is 2.20. The van der Waals surface area contributed by atoms with E-state index in [2.05, 4.69) is 22.7 Å². The molecule has 24 heavy (non-hydrogen) atoms. The van der Waals surface area contributed by atoms with Crippen molar-refractivity contribution in [3.05, 3.63) is 66.2 Å². The maximum Gasteiger partial charge on any atom is 0.185 e. The standard InChI is InChI=1S/C18H21N3O2S/c1-13(16-11-15(22-2)9-10-17(16)23-3)20-21-18(24)19-12-14-7-5-4-6-8-14/h4-11,20H,1,12H2,2-3H3,(H2,19,21,24). The van der Waals surface area contributed by atoms with Crippen molar-refractivity contribution in [3.8, 4) is 11.5 Å². The molecule has 2 rings (SSSR count). The van der Waals surface area contributed by atoms with Gasteiger partial charge in [-0.3, -0.25) is 10.9 Å². The molecule has 5 nitrogen and oxygen atoms in total. The summed E-state index contributed by atoms with van der Waals surface area (Å²) < 4.78 is 10.6. The van der Waals surface area contributed by atoms with E-state index in [0.717, 1.165) is 16.9 Å². The zero-order valence-electron chi connectivity index (χ0n) is 13.8. The lowest BCUT2D eigenvalue weighted by molar-refractivity contribution is 0.401. The fourth-order valence-electron chi connectivity index (χ4n) is 2.07. The van der Waals surface area contributed by atoms with Crippen molar-refractivity contribution in [2.45, 2.75) is 6.54 Å². The zero-order valence-corrected chi connectivity index (χ0v) is 14.6. The molecule has 0 aliphatic heterocycles. The topological polar surface area (TPSA) is 54.5 Å². The number of hydrogen-bond acceptors (Lipinski definition) is 4. The fraction of sp³-hybridized carbons (Fsp3) is 0.167. The molecule has 0 saturated heterocycles. The highest BCUT2D eigenvalue weighted by atomic mass is 32.1. The van der Waals surface area contributed by atoms with Gasteiger partial charge in [0.25, 0.3) is 0 Å². The summed E-state index contributed by atoms with van der Waals surface area (Å²) in [6.07, 6.45) is 0. The molecule has 0 aliphatic carbocycles. The summed E-state index contributed by atoms with van der Waals surface area (Å²) in [6, 6.07) is 15.5. The van der Waals surface area contributed by atoms with Crippen LogP contribution in [0.1, 0.15) is 11.1 Å². The SMILES string of the molecule is C=C(NNC(=S)NCc1ccccc1)c1cc(OC)ccc1OC. The molecule has 3 N–H and O–H groups in total. The lowest BCUT2D eigenvalue weighted by atomic mass is 10.1. The maximum absolute atomic E-state index is 5.35. The summed E-state index contributed by atoms with van der Waals surface area (Å²) in [6.45, 7) is 4.64. The summed E-state index contributed by atoms with van der Waals surface area (Å²) in [7, 11) is 3.22. The summed E-state index contributed by atoms with van der Waals surface area (Å²) in [5, 5.41) is 3.59. The predicted molar refractivity (Wildman–Crippen MR) is 101 cm³/mol. The van der Waals surface area contributed by atoms with Gasteiger partial charge in [-0.1, -0.05) is 36.9 Å².